The van der Waals surface area contributed by atoms with Crippen LogP contribution in [-0.2, 0) is 4.79 Å². The molecule has 1 heterocycles. The van der Waals surface area contributed by atoms with E-state index in [4.69, 9.17) is 5.73 Å². The Morgan fingerprint density at radius 2 is 2.39 bits per heavy atom. The van der Waals surface area contributed by atoms with Gasteiger partial charge >= 0.3 is 0 Å². The van der Waals surface area contributed by atoms with Crippen molar-refractivity contribution < 1.29 is 4.79 Å². The summed E-state index contributed by atoms with van der Waals surface area (Å²) in [5.41, 5.74) is 7.93. The van der Waals surface area contributed by atoms with Gasteiger partial charge < -0.3 is 10.6 Å². The standard InChI is InChI=1S/C15H20N2O/c1-12-4-2-5-13(10-12)7-8-15(18)17-9-3-6-14(17)11-16/h2,4-5,7-8,10,14H,3,6,9,11,16H2,1H3. The average molecular weight is 244 g/mol. The Balaban J connectivity index is 2.02. The third kappa shape index (κ3) is 2.99. The maximum atomic E-state index is 12.1. The molecule has 3 heteroatoms. The molecule has 1 aliphatic heterocycles. The van der Waals surface area contributed by atoms with Crippen LogP contribution in [0.4, 0.5) is 0 Å². The second-order valence-corrected chi connectivity index (χ2v) is 4.81. The topological polar surface area (TPSA) is 46.3 Å². The fourth-order valence-electron chi connectivity index (χ4n) is 2.41. The van der Waals surface area contributed by atoms with Crippen LogP contribution < -0.4 is 5.73 Å². The fourth-order valence-corrected chi connectivity index (χ4v) is 2.41. The van der Waals surface area contributed by atoms with Gasteiger partial charge in [-0.25, -0.2) is 0 Å². The highest BCUT2D eigenvalue weighted by atomic mass is 16.2. The summed E-state index contributed by atoms with van der Waals surface area (Å²) in [6, 6.07) is 8.33. The lowest BCUT2D eigenvalue weighted by Crippen LogP contribution is -2.38. The van der Waals surface area contributed by atoms with Crippen LogP contribution in [0, 0.1) is 6.92 Å². The molecule has 3 nitrogen and oxygen atoms in total. The number of carbonyl (C=O) groups is 1. The number of nitrogens with zero attached hydrogens (tertiary/aromatic N) is 1. The molecule has 0 bridgehead atoms. The zero-order valence-electron chi connectivity index (χ0n) is 10.8. The van der Waals surface area contributed by atoms with Crippen LogP contribution in [0.15, 0.2) is 30.3 Å². The lowest BCUT2D eigenvalue weighted by Gasteiger charge is -2.21. The smallest absolute Gasteiger partial charge is 0.246 e. The van der Waals surface area contributed by atoms with Crippen LogP contribution in [0.5, 0.6) is 0 Å². The zero-order valence-corrected chi connectivity index (χ0v) is 10.8. The Morgan fingerprint density at radius 3 is 3.11 bits per heavy atom. The zero-order chi connectivity index (χ0) is 13.0. The molecule has 0 spiro atoms. The Hall–Kier alpha value is -1.61. The van der Waals surface area contributed by atoms with Crippen molar-refractivity contribution in [2.24, 2.45) is 5.73 Å². The number of nitrogens with two attached hydrogens (primary N) is 1. The Morgan fingerprint density at radius 1 is 1.56 bits per heavy atom. The predicted octanol–water partition coefficient (Wildman–Crippen LogP) is 1.96. The highest BCUT2D eigenvalue weighted by Crippen LogP contribution is 2.17. The number of likely N-dealkylation sites (tertiary alicyclic amines) is 1. The van der Waals surface area contributed by atoms with Gasteiger partial charge in [-0.3, -0.25) is 4.79 Å². The molecule has 1 unspecified atom stereocenters. The van der Waals surface area contributed by atoms with Gasteiger partial charge in [0, 0.05) is 25.2 Å². The van der Waals surface area contributed by atoms with Gasteiger partial charge in [0.1, 0.15) is 0 Å². The van der Waals surface area contributed by atoms with Crippen LogP contribution in [0.1, 0.15) is 24.0 Å². The lowest BCUT2D eigenvalue weighted by atomic mass is 10.1. The number of hydrogen-bond acceptors (Lipinski definition) is 2. The first-order valence-electron chi connectivity index (χ1n) is 6.46. The van der Waals surface area contributed by atoms with Gasteiger partial charge in [0.2, 0.25) is 5.91 Å². The monoisotopic (exact) mass is 244 g/mol. The number of rotatable bonds is 3. The highest BCUT2D eigenvalue weighted by Gasteiger charge is 2.25. The molecule has 1 aromatic carbocycles. The van der Waals surface area contributed by atoms with E-state index in [1.54, 1.807) is 6.08 Å². The van der Waals surface area contributed by atoms with Crippen molar-refractivity contribution in [3.8, 4) is 0 Å². The number of hydrogen-bond donors (Lipinski definition) is 1. The van der Waals surface area contributed by atoms with Gasteiger partial charge in [-0.2, -0.15) is 0 Å². The van der Waals surface area contributed by atoms with Gasteiger partial charge in [0.05, 0.1) is 0 Å². The molecule has 0 radical (unpaired) electrons. The quantitative estimate of drug-likeness (QED) is 0.826. The van der Waals surface area contributed by atoms with E-state index in [0.29, 0.717) is 6.54 Å². The van der Waals surface area contributed by atoms with Gasteiger partial charge in [-0.05, 0) is 31.4 Å². The van der Waals surface area contributed by atoms with Crippen LogP contribution in [-0.4, -0.2) is 29.9 Å². The maximum absolute atomic E-state index is 12.1. The first-order valence-corrected chi connectivity index (χ1v) is 6.46. The van der Waals surface area contributed by atoms with Crippen molar-refractivity contribution in [2.75, 3.05) is 13.1 Å². The molecule has 1 fully saturated rings. The Labute approximate surface area is 108 Å². The van der Waals surface area contributed by atoms with E-state index in [9.17, 15) is 4.79 Å². The molecule has 1 amide bonds. The minimum Gasteiger partial charge on any atom is -0.335 e. The highest BCUT2D eigenvalue weighted by molar-refractivity contribution is 5.92. The summed E-state index contributed by atoms with van der Waals surface area (Å²) in [6.07, 6.45) is 5.62. The normalized spacial score (nSPS) is 19.7. The van der Waals surface area contributed by atoms with E-state index in [1.807, 2.05) is 36.1 Å². The average Bonchev–Trinajstić information content (AvgIpc) is 2.84. The summed E-state index contributed by atoms with van der Waals surface area (Å²) < 4.78 is 0. The molecule has 2 N–H and O–H groups in total. The summed E-state index contributed by atoms with van der Waals surface area (Å²) in [4.78, 5) is 13.9. The first-order chi connectivity index (χ1) is 8.70. The van der Waals surface area contributed by atoms with Gasteiger partial charge in [-0.1, -0.05) is 29.8 Å². The summed E-state index contributed by atoms with van der Waals surface area (Å²) >= 11 is 0. The van der Waals surface area contributed by atoms with E-state index in [2.05, 4.69) is 6.07 Å². The fraction of sp³-hybridized carbons (Fsp3) is 0.400. The summed E-state index contributed by atoms with van der Waals surface area (Å²) in [5, 5.41) is 0. The molecule has 96 valence electrons. The summed E-state index contributed by atoms with van der Waals surface area (Å²) in [6.45, 7) is 3.44. The molecule has 1 saturated heterocycles. The van der Waals surface area contributed by atoms with E-state index in [-0.39, 0.29) is 11.9 Å². The second kappa shape index (κ2) is 5.83. The van der Waals surface area contributed by atoms with Crippen LogP contribution in [0.25, 0.3) is 6.08 Å². The molecule has 1 aromatic rings. The lowest BCUT2D eigenvalue weighted by molar-refractivity contribution is -0.126. The minimum absolute atomic E-state index is 0.0736. The van der Waals surface area contributed by atoms with E-state index >= 15 is 0 Å². The molecule has 2 rings (SSSR count). The van der Waals surface area contributed by atoms with Gasteiger partial charge in [0.15, 0.2) is 0 Å². The van der Waals surface area contributed by atoms with Crippen LogP contribution >= 0.6 is 0 Å². The third-order valence-corrected chi connectivity index (χ3v) is 3.39. The molecule has 18 heavy (non-hydrogen) atoms. The van der Waals surface area contributed by atoms with Crippen molar-refractivity contribution in [3.63, 3.8) is 0 Å². The van der Waals surface area contributed by atoms with E-state index < -0.39 is 0 Å². The largest absolute Gasteiger partial charge is 0.335 e. The molecular formula is C15H20N2O. The molecule has 0 aliphatic carbocycles. The number of benzene rings is 1. The second-order valence-electron chi connectivity index (χ2n) is 4.81. The maximum Gasteiger partial charge on any atom is 0.246 e. The summed E-state index contributed by atoms with van der Waals surface area (Å²) in [5.74, 6) is 0.0736. The van der Waals surface area contributed by atoms with Crippen molar-refractivity contribution in [1.29, 1.82) is 0 Å². The van der Waals surface area contributed by atoms with Crippen molar-refractivity contribution in [1.82, 2.24) is 4.90 Å². The Kier molecular flexibility index (Phi) is 4.15. The predicted molar refractivity (Wildman–Crippen MR) is 74.0 cm³/mol. The number of amides is 1. The molecule has 1 atom stereocenters. The third-order valence-electron chi connectivity index (χ3n) is 3.39. The first kappa shape index (κ1) is 12.8. The van der Waals surface area contributed by atoms with Crippen LogP contribution in [0.2, 0.25) is 0 Å². The molecule has 0 saturated carbocycles. The van der Waals surface area contributed by atoms with Gasteiger partial charge in [0.25, 0.3) is 0 Å². The van der Waals surface area contributed by atoms with Crippen molar-refractivity contribution >= 4 is 12.0 Å². The van der Waals surface area contributed by atoms with Crippen LogP contribution in [0.3, 0.4) is 0 Å². The molecular weight excluding hydrogens is 224 g/mol. The van der Waals surface area contributed by atoms with Crippen molar-refractivity contribution in [2.45, 2.75) is 25.8 Å². The Bertz CT molecular complexity index is 454. The SMILES string of the molecule is Cc1cccc(C=CC(=O)N2CCCC2CN)c1. The van der Waals surface area contributed by atoms with E-state index in [0.717, 1.165) is 24.9 Å². The molecule has 0 aromatic heterocycles. The van der Waals surface area contributed by atoms with E-state index in [1.165, 1.54) is 5.56 Å². The number of carbonyl (C=O) groups excluding carboxylic acids is 1. The number of aryl methyl sites for hydroxylation is 1. The summed E-state index contributed by atoms with van der Waals surface area (Å²) in [7, 11) is 0. The molecule has 1 aliphatic rings. The van der Waals surface area contributed by atoms with Gasteiger partial charge in [-0.15, -0.1) is 0 Å². The van der Waals surface area contributed by atoms with Crippen molar-refractivity contribution in [3.05, 3.63) is 41.5 Å². The minimum atomic E-state index is 0.0736.